The van der Waals surface area contributed by atoms with Crippen LogP contribution in [0.5, 0.6) is 0 Å². The first-order valence-corrected chi connectivity index (χ1v) is 8.22. The summed E-state index contributed by atoms with van der Waals surface area (Å²) in [6.07, 6.45) is 2.30. The molecular weight excluding hydrogens is 344 g/mol. The van der Waals surface area contributed by atoms with Gasteiger partial charge in [0.25, 0.3) is 0 Å². The Bertz CT molecular complexity index is 471. The number of carboxylic acids is 1. The zero-order valence-electron chi connectivity index (χ0n) is 11.1. The van der Waals surface area contributed by atoms with E-state index in [4.69, 9.17) is 5.11 Å². The van der Waals surface area contributed by atoms with Crippen molar-refractivity contribution in [3.63, 3.8) is 0 Å². The highest BCUT2D eigenvalue weighted by atomic mass is 79.9. The average molecular weight is 361 g/mol. The fourth-order valence-corrected chi connectivity index (χ4v) is 2.42. The molecule has 2 amide bonds. The van der Waals surface area contributed by atoms with Crippen LogP contribution in [-0.2, 0) is 11.3 Å². The maximum atomic E-state index is 11.7. The normalized spacial score (nSPS) is 11.7. The zero-order chi connectivity index (χ0) is 15.0. The van der Waals surface area contributed by atoms with Gasteiger partial charge in [-0.3, -0.25) is 0 Å². The molecule has 1 atom stereocenters. The molecule has 0 fully saturated rings. The Morgan fingerprint density at radius 2 is 2.10 bits per heavy atom. The second kappa shape index (κ2) is 8.86. The molecule has 0 saturated heterocycles. The number of thioether (sulfide) groups is 1. The third kappa shape index (κ3) is 5.83. The summed E-state index contributed by atoms with van der Waals surface area (Å²) in [5.74, 6) is -0.336. The lowest BCUT2D eigenvalue weighted by atomic mass is 10.2. The van der Waals surface area contributed by atoms with Crippen molar-refractivity contribution in [2.75, 3.05) is 12.0 Å². The number of aliphatic carboxylic acids is 1. The average Bonchev–Trinajstić information content (AvgIpc) is 2.42. The minimum atomic E-state index is -1.02. The number of carboxylic acid groups (broad SMARTS) is 1. The van der Waals surface area contributed by atoms with Crippen LogP contribution in [0.1, 0.15) is 12.0 Å². The van der Waals surface area contributed by atoms with E-state index in [1.165, 1.54) is 0 Å². The molecule has 1 aromatic rings. The van der Waals surface area contributed by atoms with Gasteiger partial charge in [-0.15, -0.1) is 0 Å². The Hall–Kier alpha value is -1.21. The molecule has 0 saturated carbocycles. The van der Waals surface area contributed by atoms with Gasteiger partial charge in [0.05, 0.1) is 0 Å². The molecule has 1 aromatic carbocycles. The number of carbonyl (C=O) groups is 2. The molecule has 0 aliphatic heterocycles. The molecule has 0 aliphatic rings. The van der Waals surface area contributed by atoms with E-state index in [-0.39, 0.29) is 0 Å². The predicted octanol–water partition coefficient (Wildman–Crippen LogP) is 2.45. The van der Waals surface area contributed by atoms with Gasteiger partial charge in [0, 0.05) is 11.0 Å². The zero-order valence-corrected chi connectivity index (χ0v) is 13.5. The maximum absolute atomic E-state index is 11.7. The van der Waals surface area contributed by atoms with E-state index in [2.05, 4.69) is 26.6 Å². The van der Waals surface area contributed by atoms with Crippen molar-refractivity contribution in [3.8, 4) is 0 Å². The molecular formula is C13H17BrN2O3S. The summed E-state index contributed by atoms with van der Waals surface area (Å²) in [7, 11) is 0. The third-order valence-corrected chi connectivity index (χ3v) is 4.03. The number of hydrogen-bond donors (Lipinski definition) is 3. The SMILES string of the molecule is CSCC[C@H](NC(=O)NCc1ccccc1Br)C(=O)O. The van der Waals surface area contributed by atoms with Crippen LogP contribution in [0.3, 0.4) is 0 Å². The summed E-state index contributed by atoms with van der Waals surface area (Å²) >= 11 is 4.93. The van der Waals surface area contributed by atoms with Gasteiger partial charge in [-0.05, 0) is 30.1 Å². The van der Waals surface area contributed by atoms with Gasteiger partial charge < -0.3 is 15.7 Å². The number of nitrogens with one attached hydrogen (secondary N) is 2. The van der Waals surface area contributed by atoms with Crippen LogP contribution in [-0.4, -0.2) is 35.2 Å². The number of urea groups is 1. The number of amides is 2. The van der Waals surface area contributed by atoms with Crippen molar-refractivity contribution in [1.29, 1.82) is 0 Å². The van der Waals surface area contributed by atoms with E-state index in [1.54, 1.807) is 11.8 Å². The summed E-state index contributed by atoms with van der Waals surface area (Å²) in [4.78, 5) is 22.7. The smallest absolute Gasteiger partial charge is 0.326 e. The quantitative estimate of drug-likeness (QED) is 0.697. The fourth-order valence-electron chi connectivity index (χ4n) is 1.52. The standard InChI is InChI=1S/C13H17BrN2O3S/c1-20-7-6-11(12(17)18)16-13(19)15-8-9-4-2-3-5-10(9)14/h2-5,11H,6-8H2,1H3,(H,17,18)(H2,15,16,19)/t11-/m0/s1. The molecule has 0 bridgehead atoms. The van der Waals surface area contributed by atoms with Crippen molar-refractivity contribution in [2.24, 2.45) is 0 Å². The first-order chi connectivity index (χ1) is 9.54. The van der Waals surface area contributed by atoms with Crippen LogP contribution in [0.2, 0.25) is 0 Å². The lowest BCUT2D eigenvalue weighted by Crippen LogP contribution is -2.46. The van der Waals surface area contributed by atoms with E-state index in [0.29, 0.717) is 18.7 Å². The summed E-state index contributed by atoms with van der Waals surface area (Å²) in [6.45, 7) is 0.335. The van der Waals surface area contributed by atoms with Crippen molar-refractivity contribution in [2.45, 2.75) is 19.0 Å². The minimum absolute atomic E-state index is 0.335. The van der Waals surface area contributed by atoms with E-state index < -0.39 is 18.0 Å². The van der Waals surface area contributed by atoms with Gasteiger partial charge in [-0.2, -0.15) is 11.8 Å². The van der Waals surface area contributed by atoms with Crippen LogP contribution < -0.4 is 10.6 Å². The summed E-state index contributed by atoms with van der Waals surface area (Å²) in [5.41, 5.74) is 0.929. The molecule has 110 valence electrons. The van der Waals surface area contributed by atoms with E-state index >= 15 is 0 Å². The molecule has 3 N–H and O–H groups in total. The number of hydrogen-bond acceptors (Lipinski definition) is 3. The topological polar surface area (TPSA) is 78.4 Å². The first kappa shape index (κ1) is 16.8. The van der Waals surface area contributed by atoms with Gasteiger partial charge in [-0.1, -0.05) is 34.1 Å². The lowest BCUT2D eigenvalue weighted by molar-refractivity contribution is -0.139. The molecule has 0 heterocycles. The molecule has 0 spiro atoms. The summed E-state index contributed by atoms with van der Waals surface area (Å²) < 4.78 is 0.900. The van der Waals surface area contributed by atoms with Gasteiger partial charge >= 0.3 is 12.0 Å². The highest BCUT2D eigenvalue weighted by Crippen LogP contribution is 2.15. The second-order valence-corrected chi connectivity index (χ2v) is 5.93. The molecule has 0 aromatic heterocycles. The minimum Gasteiger partial charge on any atom is -0.480 e. The van der Waals surface area contributed by atoms with Crippen LogP contribution in [0.15, 0.2) is 28.7 Å². The monoisotopic (exact) mass is 360 g/mol. The number of carbonyl (C=O) groups excluding carboxylic acids is 1. The van der Waals surface area contributed by atoms with Gasteiger partial charge in [-0.25, -0.2) is 9.59 Å². The Balaban J connectivity index is 2.46. The second-order valence-electron chi connectivity index (χ2n) is 4.09. The first-order valence-electron chi connectivity index (χ1n) is 6.04. The lowest BCUT2D eigenvalue weighted by Gasteiger charge is -2.15. The van der Waals surface area contributed by atoms with Crippen LogP contribution >= 0.6 is 27.7 Å². The van der Waals surface area contributed by atoms with Crippen molar-refractivity contribution in [1.82, 2.24) is 10.6 Å². The molecule has 5 nitrogen and oxygen atoms in total. The number of benzene rings is 1. The van der Waals surface area contributed by atoms with Gasteiger partial charge in [0.1, 0.15) is 6.04 Å². The molecule has 20 heavy (non-hydrogen) atoms. The Morgan fingerprint density at radius 1 is 1.40 bits per heavy atom. The van der Waals surface area contributed by atoms with Crippen LogP contribution in [0.4, 0.5) is 4.79 Å². The Morgan fingerprint density at radius 3 is 2.70 bits per heavy atom. The van der Waals surface area contributed by atoms with Crippen LogP contribution in [0, 0.1) is 0 Å². The highest BCUT2D eigenvalue weighted by molar-refractivity contribution is 9.10. The Labute approximate surface area is 130 Å². The number of rotatable bonds is 7. The number of halogens is 1. The summed E-state index contributed by atoms with van der Waals surface area (Å²) in [6, 6.07) is 6.19. The van der Waals surface area contributed by atoms with Crippen molar-refractivity contribution < 1.29 is 14.7 Å². The van der Waals surface area contributed by atoms with E-state index in [0.717, 1.165) is 10.0 Å². The van der Waals surface area contributed by atoms with Crippen molar-refractivity contribution in [3.05, 3.63) is 34.3 Å². The largest absolute Gasteiger partial charge is 0.480 e. The molecule has 0 aliphatic carbocycles. The fraction of sp³-hybridized carbons (Fsp3) is 0.385. The van der Waals surface area contributed by atoms with Crippen LogP contribution in [0.25, 0.3) is 0 Å². The van der Waals surface area contributed by atoms with Gasteiger partial charge in [0.2, 0.25) is 0 Å². The third-order valence-electron chi connectivity index (χ3n) is 2.61. The highest BCUT2D eigenvalue weighted by Gasteiger charge is 2.19. The molecule has 0 radical (unpaired) electrons. The molecule has 1 rings (SSSR count). The molecule has 0 unspecified atom stereocenters. The van der Waals surface area contributed by atoms with Gasteiger partial charge in [0.15, 0.2) is 0 Å². The Kier molecular flexibility index (Phi) is 7.46. The van der Waals surface area contributed by atoms with Crippen molar-refractivity contribution >= 4 is 39.7 Å². The molecule has 7 heteroatoms. The van der Waals surface area contributed by atoms with E-state index in [1.807, 2.05) is 30.5 Å². The predicted molar refractivity (Wildman–Crippen MR) is 83.9 cm³/mol. The maximum Gasteiger partial charge on any atom is 0.326 e. The summed E-state index contributed by atoms with van der Waals surface area (Å²) in [5, 5.41) is 14.1. The van der Waals surface area contributed by atoms with E-state index in [9.17, 15) is 9.59 Å².